The number of rotatable bonds is 0. The number of hydrogen-bond acceptors (Lipinski definition) is 1. The number of Topliss-reactive ketones (excluding diaryl/α,β-unsaturated/α-hetero) is 1. The van der Waals surface area contributed by atoms with Crippen LogP contribution in [0.3, 0.4) is 0 Å². The Labute approximate surface area is 156 Å². The maximum atomic E-state index is 12.5. The van der Waals surface area contributed by atoms with Crippen LogP contribution in [-0.2, 0) is 0 Å². The molecule has 4 aromatic rings. The van der Waals surface area contributed by atoms with Gasteiger partial charge < -0.3 is 0 Å². The van der Waals surface area contributed by atoms with Crippen molar-refractivity contribution in [1.82, 2.24) is 0 Å². The lowest BCUT2D eigenvalue weighted by molar-refractivity contribution is 0.0996. The smallest absolute Gasteiger partial charge is 0.167 e. The van der Waals surface area contributed by atoms with E-state index < -0.39 is 0 Å². The highest BCUT2D eigenvalue weighted by Crippen LogP contribution is 2.38. The molecule has 25 heavy (non-hydrogen) atoms. The molecular formula is C22H14Cl2O. The Morgan fingerprint density at radius 2 is 1.36 bits per heavy atom. The van der Waals surface area contributed by atoms with Crippen LogP contribution in [-0.4, -0.2) is 5.78 Å². The average Bonchev–Trinajstić information content (AvgIpc) is 2.63. The van der Waals surface area contributed by atoms with Crippen molar-refractivity contribution < 1.29 is 4.79 Å². The number of halogens is 2. The predicted molar refractivity (Wildman–Crippen MR) is 109 cm³/mol. The Morgan fingerprint density at radius 1 is 0.720 bits per heavy atom. The third-order valence-corrected chi connectivity index (χ3v) is 5.28. The van der Waals surface area contributed by atoms with E-state index in [1.54, 1.807) is 6.08 Å². The summed E-state index contributed by atoms with van der Waals surface area (Å²) in [4.78, 5) is 12.5. The monoisotopic (exact) mass is 364 g/mol. The van der Waals surface area contributed by atoms with E-state index in [0.29, 0.717) is 11.5 Å². The maximum Gasteiger partial charge on any atom is 0.167 e. The third kappa shape index (κ3) is 2.27. The van der Waals surface area contributed by atoms with Crippen molar-refractivity contribution in [3.05, 3.63) is 77.9 Å². The van der Waals surface area contributed by atoms with E-state index >= 15 is 0 Å². The molecule has 4 aromatic carbocycles. The lowest BCUT2D eigenvalue weighted by Gasteiger charge is -2.16. The van der Waals surface area contributed by atoms with Crippen molar-refractivity contribution >= 4 is 67.1 Å². The van der Waals surface area contributed by atoms with Gasteiger partial charge in [0.1, 0.15) is 0 Å². The van der Waals surface area contributed by atoms with Crippen molar-refractivity contribution in [2.24, 2.45) is 0 Å². The van der Waals surface area contributed by atoms with E-state index in [1.807, 2.05) is 6.07 Å². The molecule has 0 saturated heterocycles. The largest absolute Gasteiger partial charge is 0.294 e. The van der Waals surface area contributed by atoms with Gasteiger partial charge >= 0.3 is 0 Å². The normalized spacial score (nSPS) is 13.6. The third-order valence-electron chi connectivity index (χ3n) is 4.93. The maximum absolute atomic E-state index is 12.5. The van der Waals surface area contributed by atoms with Crippen molar-refractivity contribution in [3.63, 3.8) is 0 Å². The first kappa shape index (κ1) is 16.1. The molecule has 0 saturated carbocycles. The highest BCUT2D eigenvalue weighted by atomic mass is 35.5. The van der Waals surface area contributed by atoms with Gasteiger partial charge in [-0.15, -0.1) is 12.4 Å². The van der Waals surface area contributed by atoms with E-state index in [0.717, 1.165) is 21.9 Å². The van der Waals surface area contributed by atoms with Gasteiger partial charge in [0.25, 0.3) is 0 Å². The highest BCUT2D eigenvalue weighted by molar-refractivity contribution is 6.50. The summed E-state index contributed by atoms with van der Waals surface area (Å²) in [5.41, 5.74) is 1.61. The minimum Gasteiger partial charge on any atom is -0.294 e. The second-order valence-electron chi connectivity index (χ2n) is 6.21. The summed E-state index contributed by atoms with van der Waals surface area (Å²) in [7, 11) is 0. The SMILES string of the molecule is Cl.O=C1CC=C(Cl)c2ccc3c(ccc4c5ccccc5ccc34)c21. The zero-order chi connectivity index (χ0) is 16.3. The van der Waals surface area contributed by atoms with Crippen LogP contribution in [0.4, 0.5) is 0 Å². The van der Waals surface area contributed by atoms with Gasteiger partial charge in [0.15, 0.2) is 5.78 Å². The number of benzene rings is 4. The fourth-order valence-electron chi connectivity index (χ4n) is 3.80. The fraction of sp³-hybridized carbons (Fsp3) is 0.0455. The van der Waals surface area contributed by atoms with Crippen LogP contribution in [0.1, 0.15) is 22.3 Å². The molecule has 0 heterocycles. The topological polar surface area (TPSA) is 17.1 Å². The Bertz CT molecular complexity index is 1200. The molecule has 0 atom stereocenters. The van der Waals surface area contributed by atoms with Crippen molar-refractivity contribution in [2.75, 3.05) is 0 Å². The van der Waals surface area contributed by atoms with Gasteiger partial charge in [0.05, 0.1) is 0 Å². The summed E-state index contributed by atoms with van der Waals surface area (Å²) in [5, 5.41) is 7.62. The summed E-state index contributed by atoms with van der Waals surface area (Å²) in [6, 6.07) is 20.9. The Morgan fingerprint density at radius 3 is 2.24 bits per heavy atom. The van der Waals surface area contributed by atoms with E-state index in [-0.39, 0.29) is 18.2 Å². The van der Waals surface area contributed by atoms with E-state index in [9.17, 15) is 4.79 Å². The fourth-order valence-corrected chi connectivity index (χ4v) is 4.03. The minimum atomic E-state index is 0. The first-order valence-electron chi connectivity index (χ1n) is 8.00. The molecule has 5 rings (SSSR count). The van der Waals surface area contributed by atoms with Crippen LogP contribution in [0, 0.1) is 0 Å². The summed E-state index contributed by atoms with van der Waals surface area (Å²) in [6.07, 6.45) is 2.17. The van der Waals surface area contributed by atoms with Gasteiger partial charge in [-0.1, -0.05) is 78.3 Å². The van der Waals surface area contributed by atoms with Crippen LogP contribution in [0.2, 0.25) is 0 Å². The first-order chi connectivity index (χ1) is 11.7. The standard InChI is InChI=1S/C22H13ClO.ClH/c23-20-11-12-21(24)22-18-9-7-15-14-4-2-1-3-13(14)5-6-16(15)17(18)8-10-19(20)22;/h1-11H,12H2;1H. The second-order valence-corrected chi connectivity index (χ2v) is 6.62. The first-order valence-corrected chi connectivity index (χ1v) is 8.38. The molecule has 0 unspecified atom stereocenters. The molecule has 0 spiro atoms. The van der Waals surface area contributed by atoms with Crippen LogP contribution >= 0.6 is 24.0 Å². The van der Waals surface area contributed by atoms with E-state index in [4.69, 9.17) is 11.6 Å². The van der Waals surface area contributed by atoms with Gasteiger partial charge in [-0.3, -0.25) is 4.79 Å². The molecule has 1 nitrogen and oxygen atoms in total. The molecule has 1 aliphatic carbocycles. The van der Waals surface area contributed by atoms with Crippen LogP contribution in [0.5, 0.6) is 0 Å². The second kappa shape index (κ2) is 5.87. The predicted octanol–water partition coefficient (Wildman–Crippen LogP) is 6.73. The Hall–Kier alpha value is -2.35. The minimum absolute atomic E-state index is 0. The van der Waals surface area contributed by atoms with Crippen LogP contribution in [0.15, 0.2) is 66.7 Å². The van der Waals surface area contributed by atoms with Crippen molar-refractivity contribution in [3.8, 4) is 0 Å². The number of allylic oxidation sites excluding steroid dienone is 1. The molecule has 3 heteroatoms. The quantitative estimate of drug-likeness (QED) is 0.316. The van der Waals surface area contributed by atoms with Gasteiger partial charge in [0, 0.05) is 22.6 Å². The Balaban J connectivity index is 0.00000157. The lowest BCUT2D eigenvalue weighted by Crippen LogP contribution is -2.07. The van der Waals surface area contributed by atoms with Gasteiger partial charge in [0.2, 0.25) is 0 Å². The number of hydrogen-bond donors (Lipinski definition) is 0. The zero-order valence-corrected chi connectivity index (χ0v) is 14.8. The van der Waals surface area contributed by atoms with Crippen LogP contribution < -0.4 is 0 Å². The van der Waals surface area contributed by atoms with Crippen molar-refractivity contribution in [2.45, 2.75) is 6.42 Å². The molecule has 0 fully saturated rings. The molecule has 0 radical (unpaired) electrons. The van der Waals surface area contributed by atoms with Gasteiger partial charge in [-0.2, -0.15) is 0 Å². The molecule has 0 aliphatic heterocycles. The number of carbonyl (C=O) groups excluding carboxylic acids is 1. The zero-order valence-electron chi connectivity index (χ0n) is 13.3. The molecule has 0 bridgehead atoms. The molecule has 0 amide bonds. The van der Waals surface area contributed by atoms with Gasteiger partial charge in [-0.25, -0.2) is 0 Å². The van der Waals surface area contributed by atoms with Crippen molar-refractivity contribution in [1.29, 1.82) is 0 Å². The summed E-state index contributed by atoms with van der Waals surface area (Å²) < 4.78 is 0. The highest BCUT2D eigenvalue weighted by Gasteiger charge is 2.21. The molecule has 0 N–H and O–H groups in total. The van der Waals surface area contributed by atoms with Gasteiger partial charge in [-0.05, 0) is 32.3 Å². The van der Waals surface area contributed by atoms with E-state index in [1.165, 1.54) is 21.5 Å². The van der Waals surface area contributed by atoms with E-state index in [2.05, 4.69) is 54.6 Å². The molecule has 0 aromatic heterocycles. The lowest BCUT2D eigenvalue weighted by atomic mass is 9.88. The summed E-state index contributed by atoms with van der Waals surface area (Å²) in [5.74, 6) is 0.139. The molecule has 1 aliphatic rings. The number of fused-ring (bicyclic) bond motifs is 7. The summed E-state index contributed by atoms with van der Waals surface area (Å²) in [6.45, 7) is 0. The van der Waals surface area contributed by atoms with Crippen LogP contribution in [0.25, 0.3) is 37.3 Å². The Kier molecular flexibility index (Phi) is 3.79. The number of carbonyl (C=O) groups is 1. The molecular weight excluding hydrogens is 351 g/mol. The summed E-state index contributed by atoms with van der Waals surface area (Å²) >= 11 is 6.32. The molecule has 122 valence electrons. The average molecular weight is 365 g/mol. The number of ketones is 1.